The van der Waals surface area contributed by atoms with Crippen LogP contribution in [-0.2, 0) is 11.3 Å². The number of carbonyl (C=O) groups excluding carboxylic acids is 1. The number of aliphatic hydroxyl groups excluding tert-OH is 1. The number of aliphatic carboxylic acids is 1. The van der Waals surface area contributed by atoms with Crippen molar-refractivity contribution in [3.63, 3.8) is 0 Å². The molecule has 0 aliphatic heterocycles. The van der Waals surface area contributed by atoms with Gasteiger partial charge in [-0.05, 0) is 17.7 Å². The van der Waals surface area contributed by atoms with Crippen LogP contribution >= 0.6 is 11.6 Å². The number of benzene rings is 1. The first-order valence-corrected chi connectivity index (χ1v) is 6.42. The molecule has 1 unspecified atom stereocenters. The number of urea groups is 1. The van der Waals surface area contributed by atoms with Crippen LogP contribution in [0.1, 0.15) is 12.0 Å². The summed E-state index contributed by atoms with van der Waals surface area (Å²) >= 11 is 5.85. The summed E-state index contributed by atoms with van der Waals surface area (Å²) in [6.45, 7) is 0.472. The van der Waals surface area contributed by atoms with Crippen LogP contribution in [0.25, 0.3) is 0 Å². The van der Waals surface area contributed by atoms with Gasteiger partial charge < -0.3 is 20.4 Å². The Morgan fingerprint density at radius 3 is 2.75 bits per heavy atom. The van der Waals surface area contributed by atoms with Gasteiger partial charge in [0.25, 0.3) is 0 Å². The number of hydrogen-bond donors (Lipinski definition) is 3. The van der Waals surface area contributed by atoms with E-state index >= 15 is 0 Å². The van der Waals surface area contributed by atoms with Gasteiger partial charge in [0.1, 0.15) is 0 Å². The van der Waals surface area contributed by atoms with Crippen LogP contribution < -0.4 is 5.32 Å². The first kappa shape index (κ1) is 16.3. The Balaban J connectivity index is 2.38. The van der Waals surface area contributed by atoms with Crippen LogP contribution in [0.2, 0.25) is 5.02 Å². The number of rotatable bonds is 6. The van der Waals surface area contributed by atoms with Gasteiger partial charge in [-0.3, -0.25) is 0 Å². The van der Waals surface area contributed by atoms with Crippen molar-refractivity contribution in [1.29, 1.82) is 0 Å². The lowest BCUT2D eigenvalue weighted by atomic mass is 10.2. The molecule has 0 bridgehead atoms. The van der Waals surface area contributed by atoms with Gasteiger partial charge in [0, 0.05) is 31.6 Å². The normalized spacial score (nSPS) is 11.8. The number of carboxylic acid groups (broad SMARTS) is 1. The second kappa shape index (κ2) is 7.72. The third-order valence-electron chi connectivity index (χ3n) is 2.63. The summed E-state index contributed by atoms with van der Waals surface area (Å²) in [6.07, 6.45) is -1.50. The SMILES string of the molecule is CN(Cc1cccc(Cl)c1)C(=O)NCCC(O)C(=O)O. The van der Waals surface area contributed by atoms with E-state index in [0.717, 1.165) is 5.56 Å². The third kappa shape index (κ3) is 5.46. The fourth-order valence-electron chi connectivity index (χ4n) is 1.56. The molecule has 0 radical (unpaired) electrons. The van der Waals surface area contributed by atoms with Crippen molar-refractivity contribution in [1.82, 2.24) is 10.2 Å². The highest BCUT2D eigenvalue weighted by Gasteiger charge is 2.14. The average molecular weight is 301 g/mol. The summed E-state index contributed by atoms with van der Waals surface area (Å²) < 4.78 is 0. The van der Waals surface area contributed by atoms with Crippen molar-refractivity contribution < 1.29 is 19.8 Å². The van der Waals surface area contributed by atoms with Gasteiger partial charge in [0.05, 0.1) is 0 Å². The third-order valence-corrected chi connectivity index (χ3v) is 2.87. The summed E-state index contributed by atoms with van der Waals surface area (Å²) in [5, 5.41) is 20.7. The van der Waals surface area contributed by atoms with Crippen molar-refractivity contribution in [2.45, 2.75) is 19.1 Å². The highest BCUT2D eigenvalue weighted by molar-refractivity contribution is 6.30. The molecule has 1 rings (SSSR count). The van der Waals surface area contributed by atoms with E-state index in [4.69, 9.17) is 21.8 Å². The molecule has 1 atom stereocenters. The summed E-state index contributed by atoms with van der Waals surface area (Å²) in [7, 11) is 1.61. The largest absolute Gasteiger partial charge is 0.479 e. The van der Waals surface area contributed by atoms with E-state index in [1.165, 1.54) is 4.90 Å². The second-order valence-electron chi connectivity index (χ2n) is 4.36. The summed E-state index contributed by atoms with van der Waals surface area (Å²) in [5.74, 6) is -1.30. The smallest absolute Gasteiger partial charge is 0.332 e. The lowest BCUT2D eigenvalue weighted by Gasteiger charge is -2.18. The lowest BCUT2D eigenvalue weighted by molar-refractivity contribution is -0.146. The first-order valence-electron chi connectivity index (χ1n) is 6.04. The zero-order chi connectivity index (χ0) is 15.1. The van der Waals surface area contributed by atoms with E-state index in [1.54, 1.807) is 25.2 Å². The van der Waals surface area contributed by atoms with E-state index in [1.807, 2.05) is 6.07 Å². The number of nitrogens with zero attached hydrogens (tertiary/aromatic N) is 1. The molecule has 0 spiro atoms. The minimum Gasteiger partial charge on any atom is -0.479 e. The molecule has 2 amide bonds. The molecule has 110 valence electrons. The van der Waals surface area contributed by atoms with Gasteiger partial charge in [-0.2, -0.15) is 0 Å². The van der Waals surface area contributed by atoms with Crippen molar-refractivity contribution in [2.24, 2.45) is 0 Å². The molecule has 0 aromatic heterocycles. The van der Waals surface area contributed by atoms with Crippen molar-refractivity contribution in [3.05, 3.63) is 34.9 Å². The maximum absolute atomic E-state index is 11.7. The first-order chi connectivity index (χ1) is 9.40. The van der Waals surface area contributed by atoms with Crippen LogP contribution in [0.15, 0.2) is 24.3 Å². The summed E-state index contributed by atoms with van der Waals surface area (Å²) in [5.41, 5.74) is 0.890. The Hall–Kier alpha value is -1.79. The summed E-state index contributed by atoms with van der Waals surface area (Å²) in [4.78, 5) is 23.6. The quantitative estimate of drug-likeness (QED) is 0.739. The molecule has 1 aromatic carbocycles. The topological polar surface area (TPSA) is 89.9 Å². The molecule has 0 fully saturated rings. The van der Waals surface area contributed by atoms with E-state index in [0.29, 0.717) is 11.6 Å². The highest BCUT2D eigenvalue weighted by atomic mass is 35.5. The fraction of sp³-hybridized carbons (Fsp3) is 0.385. The van der Waals surface area contributed by atoms with E-state index in [9.17, 15) is 9.59 Å². The maximum atomic E-state index is 11.7. The standard InChI is InChI=1S/C13H17ClN2O4/c1-16(8-9-3-2-4-10(14)7-9)13(20)15-6-5-11(17)12(18)19/h2-4,7,11,17H,5-6,8H2,1H3,(H,15,20)(H,18,19). The molecule has 0 saturated heterocycles. The van der Waals surface area contributed by atoms with Crippen LogP contribution in [0.5, 0.6) is 0 Å². The Labute approximate surface area is 122 Å². The Kier molecular flexibility index (Phi) is 6.27. The zero-order valence-corrected chi connectivity index (χ0v) is 11.8. The minimum atomic E-state index is -1.46. The number of hydrogen-bond acceptors (Lipinski definition) is 3. The van der Waals surface area contributed by atoms with E-state index in [-0.39, 0.29) is 19.0 Å². The number of aliphatic hydroxyl groups is 1. The Morgan fingerprint density at radius 1 is 1.45 bits per heavy atom. The number of nitrogens with one attached hydrogen (secondary N) is 1. The average Bonchev–Trinajstić information content (AvgIpc) is 2.38. The fourth-order valence-corrected chi connectivity index (χ4v) is 1.77. The molecule has 0 aliphatic rings. The predicted molar refractivity (Wildman–Crippen MR) is 74.6 cm³/mol. The van der Waals surface area contributed by atoms with Gasteiger partial charge in [-0.25, -0.2) is 9.59 Å². The molecule has 7 heteroatoms. The molecule has 6 nitrogen and oxygen atoms in total. The predicted octanol–water partition coefficient (Wildman–Crippen LogP) is 1.32. The van der Waals surface area contributed by atoms with Crippen molar-refractivity contribution >= 4 is 23.6 Å². The molecule has 0 aliphatic carbocycles. The number of carboxylic acids is 1. The summed E-state index contributed by atoms with van der Waals surface area (Å²) in [6, 6.07) is 6.82. The van der Waals surface area contributed by atoms with Gasteiger partial charge in [0.2, 0.25) is 0 Å². The molecular weight excluding hydrogens is 284 g/mol. The van der Waals surface area contributed by atoms with E-state index in [2.05, 4.69) is 5.32 Å². The molecule has 1 aromatic rings. The number of halogens is 1. The van der Waals surface area contributed by atoms with Crippen LogP contribution in [-0.4, -0.2) is 46.8 Å². The van der Waals surface area contributed by atoms with Gasteiger partial charge in [-0.1, -0.05) is 23.7 Å². The van der Waals surface area contributed by atoms with Crippen LogP contribution in [0.3, 0.4) is 0 Å². The Bertz CT molecular complexity index is 481. The van der Waals surface area contributed by atoms with Crippen molar-refractivity contribution in [3.8, 4) is 0 Å². The molecular formula is C13H17ClN2O4. The molecule has 0 heterocycles. The monoisotopic (exact) mass is 300 g/mol. The van der Waals surface area contributed by atoms with Gasteiger partial charge >= 0.3 is 12.0 Å². The molecule has 20 heavy (non-hydrogen) atoms. The highest BCUT2D eigenvalue weighted by Crippen LogP contribution is 2.12. The Morgan fingerprint density at radius 2 is 2.15 bits per heavy atom. The zero-order valence-electron chi connectivity index (χ0n) is 11.0. The molecule has 3 N–H and O–H groups in total. The lowest BCUT2D eigenvalue weighted by Crippen LogP contribution is -2.38. The molecule has 0 saturated carbocycles. The van der Waals surface area contributed by atoms with Gasteiger partial charge in [0.15, 0.2) is 6.10 Å². The minimum absolute atomic E-state index is 0.0356. The van der Waals surface area contributed by atoms with Crippen molar-refractivity contribution in [2.75, 3.05) is 13.6 Å². The second-order valence-corrected chi connectivity index (χ2v) is 4.80. The number of amides is 2. The van der Waals surface area contributed by atoms with Gasteiger partial charge in [-0.15, -0.1) is 0 Å². The van der Waals surface area contributed by atoms with E-state index < -0.39 is 12.1 Å². The number of carbonyl (C=O) groups is 2. The maximum Gasteiger partial charge on any atom is 0.332 e. The van der Waals surface area contributed by atoms with Crippen LogP contribution in [0, 0.1) is 0 Å². The van der Waals surface area contributed by atoms with Crippen LogP contribution in [0.4, 0.5) is 4.79 Å².